The number of fused-ring (bicyclic) bond motifs is 1. The topological polar surface area (TPSA) is 64.2 Å². The molecule has 3 saturated heterocycles. The predicted octanol–water partition coefficient (Wildman–Crippen LogP) is 2.76. The van der Waals surface area contributed by atoms with Gasteiger partial charge in [-0.25, -0.2) is 4.79 Å². The largest absolute Gasteiger partial charge is 0.342 e. The van der Waals surface area contributed by atoms with Gasteiger partial charge in [0.25, 0.3) is 5.91 Å². The SMILES string of the molecule is CCN1CC[C@]2(CN(C(=O)N(C)C)CC23CCN(C(=O)c2cc(C)cc(C)c2)CC3)C1=O. The number of urea groups is 1. The lowest BCUT2D eigenvalue weighted by Gasteiger charge is -2.46. The molecule has 1 aromatic carbocycles. The van der Waals surface area contributed by atoms with Crippen LogP contribution >= 0.6 is 0 Å². The molecular weight excluding hydrogens is 404 g/mol. The summed E-state index contributed by atoms with van der Waals surface area (Å²) < 4.78 is 0. The number of benzene rings is 1. The van der Waals surface area contributed by atoms with E-state index in [0.717, 1.165) is 42.5 Å². The number of hydrogen-bond donors (Lipinski definition) is 0. The van der Waals surface area contributed by atoms with E-state index < -0.39 is 5.41 Å². The molecule has 7 nitrogen and oxygen atoms in total. The maximum atomic E-state index is 13.6. The summed E-state index contributed by atoms with van der Waals surface area (Å²) in [6.07, 6.45) is 2.30. The van der Waals surface area contributed by atoms with Crippen molar-refractivity contribution in [2.24, 2.45) is 10.8 Å². The summed E-state index contributed by atoms with van der Waals surface area (Å²) in [7, 11) is 3.53. The summed E-state index contributed by atoms with van der Waals surface area (Å²) in [5.74, 6) is 0.260. The van der Waals surface area contributed by atoms with E-state index in [-0.39, 0.29) is 23.3 Å². The average molecular weight is 441 g/mol. The van der Waals surface area contributed by atoms with E-state index in [1.54, 1.807) is 19.0 Å². The molecule has 1 atom stereocenters. The van der Waals surface area contributed by atoms with E-state index in [1.165, 1.54) is 0 Å². The summed E-state index contributed by atoms with van der Waals surface area (Å²) in [6.45, 7) is 9.84. The van der Waals surface area contributed by atoms with Crippen molar-refractivity contribution in [1.82, 2.24) is 19.6 Å². The number of carbonyl (C=O) groups is 3. The lowest BCUT2D eigenvalue weighted by Crippen LogP contribution is -2.53. The molecule has 0 aromatic heterocycles. The minimum Gasteiger partial charge on any atom is -0.342 e. The normalized spacial score (nSPS) is 24.7. The van der Waals surface area contributed by atoms with Gasteiger partial charge in [-0.2, -0.15) is 0 Å². The second kappa shape index (κ2) is 8.09. The van der Waals surface area contributed by atoms with Crippen LogP contribution in [-0.2, 0) is 4.79 Å². The van der Waals surface area contributed by atoms with E-state index in [2.05, 4.69) is 6.07 Å². The minimum atomic E-state index is -0.524. The molecule has 7 heteroatoms. The second-order valence-corrected chi connectivity index (χ2v) is 10.2. The van der Waals surface area contributed by atoms with Crippen molar-refractivity contribution in [3.63, 3.8) is 0 Å². The highest BCUT2D eigenvalue weighted by molar-refractivity contribution is 5.95. The van der Waals surface area contributed by atoms with Crippen LogP contribution in [0.2, 0.25) is 0 Å². The molecule has 174 valence electrons. The highest BCUT2D eigenvalue weighted by Gasteiger charge is 2.66. The third-order valence-electron chi connectivity index (χ3n) is 7.99. The number of piperidine rings is 1. The molecule has 3 aliphatic heterocycles. The van der Waals surface area contributed by atoms with Crippen molar-refractivity contribution < 1.29 is 14.4 Å². The summed E-state index contributed by atoms with van der Waals surface area (Å²) in [5, 5.41) is 0. The second-order valence-electron chi connectivity index (χ2n) is 10.2. The molecule has 0 N–H and O–H groups in total. The van der Waals surface area contributed by atoms with Gasteiger partial charge in [0.1, 0.15) is 0 Å². The Morgan fingerprint density at radius 1 is 0.938 bits per heavy atom. The Labute approximate surface area is 191 Å². The van der Waals surface area contributed by atoms with Crippen molar-refractivity contribution in [1.29, 1.82) is 0 Å². The Bertz CT molecular complexity index is 915. The van der Waals surface area contributed by atoms with Crippen LogP contribution in [-0.4, -0.2) is 90.8 Å². The fourth-order valence-electron chi connectivity index (χ4n) is 6.32. The summed E-state index contributed by atoms with van der Waals surface area (Å²) in [4.78, 5) is 47.0. The van der Waals surface area contributed by atoms with Crippen molar-refractivity contribution >= 4 is 17.8 Å². The minimum absolute atomic E-state index is 0.0299. The van der Waals surface area contributed by atoms with E-state index >= 15 is 0 Å². The van der Waals surface area contributed by atoms with Gasteiger partial charge in [0.15, 0.2) is 0 Å². The number of carbonyl (C=O) groups excluding carboxylic acids is 3. The molecule has 32 heavy (non-hydrogen) atoms. The summed E-state index contributed by atoms with van der Waals surface area (Å²) >= 11 is 0. The zero-order chi connectivity index (χ0) is 23.3. The molecule has 3 fully saturated rings. The smallest absolute Gasteiger partial charge is 0.319 e. The lowest BCUT2D eigenvalue weighted by molar-refractivity contribution is -0.141. The number of amides is 4. The van der Waals surface area contributed by atoms with Crippen molar-refractivity contribution in [3.05, 3.63) is 34.9 Å². The van der Waals surface area contributed by atoms with Gasteiger partial charge >= 0.3 is 6.03 Å². The zero-order valence-electron chi connectivity index (χ0n) is 20.1. The molecule has 0 unspecified atom stereocenters. The van der Waals surface area contributed by atoms with Crippen LogP contribution in [0.5, 0.6) is 0 Å². The highest BCUT2D eigenvalue weighted by Crippen LogP contribution is 2.58. The predicted molar refractivity (Wildman–Crippen MR) is 123 cm³/mol. The molecule has 1 aromatic rings. The Morgan fingerprint density at radius 3 is 2.09 bits per heavy atom. The van der Waals surface area contributed by atoms with Crippen molar-refractivity contribution in [2.45, 2.75) is 40.0 Å². The highest BCUT2D eigenvalue weighted by atomic mass is 16.2. The molecule has 2 spiro atoms. The Balaban J connectivity index is 1.58. The number of likely N-dealkylation sites (tertiary alicyclic amines) is 3. The van der Waals surface area contributed by atoms with Gasteiger partial charge < -0.3 is 19.6 Å². The fraction of sp³-hybridized carbons (Fsp3) is 0.640. The summed E-state index contributed by atoms with van der Waals surface area (Å²) in [5.41, 5.74) is 2.12. The standard InChI is InChI=1S/C25H36N4O3/c1-6-27-12-9-25(22(27)31)17-29(23(32)26(4)5)16-24(25)7-10-28(11-8-24)21(30)20-14-18(2)13-19(3)15-20/h13-15H,6-12,16-17H2,1-5H3/t25-/m0/s1. The number of nitrogens with zero attached hydrogens (tertiary/aromatic N) is 4. The number of hydrogen-bond acceptors (Lipinski definition) is 3. The third kappa shape index (κ3) is 3.46. The molecule has 4 amide bonds. The lowest BCUT2D eigenvalue weighted by atomic mass is 9.60. The van der Waals surface area contributed by atoms with Crippen LogP contribution in [0.3, 0.4) is 0 Å². The van der Waals surface area contributed by atoms with Gasteiger partial charge in [-0.15, -0.1) is 0 Å². The van der Waals surface area contributed by atoms with Gasteiger partial charge in [-0.3, -0.25) is 9.59 Å². The van der Waals surface area contributed by atoms with Gasteiger partial charge in [-0.05, 0) is 52.2 Å². The van der Waals surface area contributed by atoms with E-state index in [4.69, 9.17) is 0 Å². The summed E-state index contributed by atoms with van der Waals surface area (Å²) in [6, 6.07) is 5.95. The van der Waals surface area contributed by atoms with Gasteiger partial charge in [-0.1, -0.05) is 17.2 Å². The first-order valence-electron chi connectivity index (χ1n) is 11.8. The van der Waals surface area contributed by atoms with Crippen LogP contribution in [0.1, 0.15) is 47.7 Å². The maximum absolute atomic E-state index is 13.6. The van der Waals surface area contributed by atoms with E-state index in [0.29, 0.717) is 32.7 Å². The molecule has 0 bridgehead atoms. The van der Waals surface area contributed by atoms with Crippen LogP contribution < -0.4 is 0 Å². The molecule has 3 aliphatic rings. The first-order chi connectivity index (χ1) is 15.1. The average Bonchev–Trinajstić information content (AvgIpc) is 3.25. The van der Waals surface area contributed by atoms with Gasteiger partial charge in [0, 0.05) is 64.3 Å². The number of aryl methyl sites for hydroxylation is 2. The number of rotatable bonds is 2. The van der Waals surface area contributed by atoms with Crippen LogP contribution in [0.25, 0.3) is 0 Å². The third-order valence-corrected chi connectivity index (χ3v) is 7.99. The Morgan fingerprint density at radius 2 is 1.56 bits per heavy atom. The van der Waals surface area contributed by atoms with Gasteiger partial charge in [0.05, 0.1) is 5.41 Å². The zero-order valence-corrected chi connectivity index (χ0v) is 20.1. The first kappa shape index (κ1) is 22.6. The van der Waals surface area contributed by atoms with Crippen LogP contribution in [0, 0.1) is 24.7 Å². The molecule has 0 radical (unpaired) electrons. The Kier molecular flexibility index (Phi) is 5.72. The van der Waals surface area contributed by atoms with E-state index in [1.807, 2.05) is 47.6 Å². The van der Waals surface area contributed by atoms with Crippen molar-refractivity contribution in [3.8, 4) is 0 Å². The molecule has 3 heterocycles. The van der Waals surface area contributed by atoms with E-state index in [9.17, 15) is 14.4 Å². The van der Waals surface area contributed by atoms with Crippen molar-refractivity contribution in [2.75, 3.05) is 53.4 Å². The molecular formula is C25H36N4O3. The van der Waals surface area contributed by atoms with Gasteiger partial charge in [0.2, 0.25) is 5.91 Å². The Hall–Kier alpha value is -2.57. The molecule has 0 aliphatic carbocycles. The maximum Gasteiger partial charge on any atom is 0.319 e. The first-order valence-corrected chi connectivity index (χ1v) is 11.8. The fourth-order valence-corrected chi connectivity index (χ4v) is 6.32. The molecule has 0 saturated carbocycles. The monoisotopic (exact) mass is 440 g/mol. The van der Waals surface area contributed by atoms with Crippen LogP contribution in [0.4, 0.5) is 4.79 Å². The quantitative estimate of drug-likeness (QED) is 0.710. The van der Waals surface area contributed by atoms with Crippen LogP contribution in [0.15, 0.2) is 18.2 Å². The molecule has 4 rings (SSSR count).